The average Bonchev–Trinajstić information content (AvgIpc) is 2.69. The summed E-state index contributed by atoms with van der Waals surface area (Å²) in [6.45, 7) is 2.27. The van der Waals surface area contributed by atoms with Crippen molar-refractivity contribution in [2.24, 2.45) is 0 Å². The van der Waals surface area contributed by atoms with E-state index in [1.54, 1.807) is 25.3 Å². The van der Waals surface area contributed by atoms with E-state index in [9.17, 15) is 4.79 Å². The molecule has 2 amide bonds. The van der Waals surface area contributed by atoms with Gasteiger partial charge in [-0.1, -0.05) is 0 Å². The van der Waals surface area contributed by atoms with Gasteiger partial charge in [0, 0.05) is 21.8 Å². The maximum absolute atomic E-state index is 11.6. The second-order valence-corrected chi connectivity index (χ2v) is 5.44. The Hall–Kier alpha value is -0.590. The third-order valence-electron chi connectivity index (χ3n) is 2.28. The van der Waals surface area contributed by atoms with Crippen LogP contribution in [-0.4, -0.2) is 35.7 Å². The first-order valence-electron chi connectivity index (χ1n) is 4.89. The fraction of sp³-hybridized carbons (Fsp3) is 0.500. The number of aliphatic hydroxyl groups is 1. The van der Waals surface area contributed by atoms with E-state index in [1.807, 2.05) is 11.4 Å². The van der Waals surface area contributed by atoms with E-state index < -0.39 is 0 Å². The van der Waals surface area contributed by atoms with Crippen LogP contribution >= 0.6 is 27.3 Å². The van der Waals surface area contributed by atoms with Crippen LogP contribution in [0.4, 0.5) is 4.79 Å². The number of urea groups is 1. The number of carbonyl (C=O) groups is 1. The van der Waals surface area contributed by atoms with Gasteiger partial charge in [-0.25, -0.2) is 4.79 Å². The lowest BCUT2D eigenvalue weighted by Crippen LogP contribution is -2.43. The highest BCUT2D eigenvalue weighted by atomic mass is 79.9. The van der Waals surface area contributed by atoms with Gasteiger partial charge in [-0.2, -0.15) is 0 Å². The molecule has 2 N–H and O–H groups in total. The predicted molar refractivity (Wildman–Crippen MR) is 68.6 cm³/mol. The molecule has 1 aromatic heterocycles. The second kappa shape index (κ2) is 6.22. The van der Waals surface area contributed by atoms with Crippen LogP contribution in [0.1, 0.15) is 11.8 Å². The van der Waals surface area contributed by atoms with Crippen LogP contribution in [0.15, 0.2) is 15.9 Å². The Labute approximate surface area is 107 Å². The standard InChI is InChI=1S/C10H15BrN2O2S/c1-7(5-14)13(2)10(15)12-4-9-3-8(11)6-16-9/h3,6-7,14H,4-5H2,1-2H3,(H,12,15). The molecule has 1 atom stereocenters. The number of nitrogens with zero attached hydrogens (tertiary/aromatic N) is 1. The maximum Gasteiger partial charge on any atom is 0.317 e. The highest BCUT2D eigenvalue weighted by Gasteiger charge is 2.14. The van der Waals surface area contributed by atoms with Gasteiger partial charge in [0.2, 0.25) is 0 Å². The van der Waals surface area contributed by atoms with Crippen molar-refractivity contribution in [3.8, 4) is 0 Å². The third-order valence-corrected chi connectivity index (χ3v) is 3.98. The van der Waals surface area contributed by atoms with Crippen LogP contribution in [0.5, 0.6) is 0 Å². The molecule has 0 aromatic carbocycles. The zero-order valence-electron chi connectivity index (χ0n) is 9.24. The minimum absolute atomic E-state index is 0.0333. The topological polar surface area (TPSA) is 52.6 Å². The summed E-state index contributed by atoms with van der Waals surface area (Å²) in [4.78, 5) is 14.2. The Kier molecular flexibility index (Phi) is 5.24. The summed E-state index contributed by atoms with van der Waals surface area (Å²) in [5, 5.41) is 13.7. The van der Waals surface area contributed by atoms with Crippen molar-refractivity contribution < 1.29 is 9.90 Å². The van der Waals surface area contributed by atoms with E-state index in [-0.39, 0.29) is 18.7 Å². The molecule has 4 nitrogen and oxygen atoms in total. The molecule has 0 radical (unpaired) electrons. The monoisotopic (exact) mass is 306 g/mol. The maximum atomic E-state index is 11.6. The lowest BCUT2D eigenvalue weighted by Gasteiger charge is -2.23. The Morgan fingerprint density at radius 1 is 1.75 bits per heavy atom. The van der Waals surface area contributed by atoms with E-state index in [0.717, 1.165) is 9.35 Å². The number of aliphatic hydroxyl groups excluding tert-OH is 1. The minimum Gasteiger partial charge on any atom is -0.394 e. The summed E-state index contributed by atoms with van der Waals surface area (Å²) in [6, 6.07) is 1.63. The largest absolute Gasteiger partial charge is 0.394 e. The molecular weight excluding hydrogens is 292 g/mol. The summed E-state index contributed by atoms with van der Waals surface area (Å²) < 4.78 is 1.03. The summed E-state index contributed by atoms with van der Waals surface area (Å²) in [7, 11) is 1.67. The molecule has 1 aromatic rings. The lowest BCUT2D eigenvalue weighted by atomic mass is 10.3. The van der Waals surface area contributed by atoms with Crippen molar-refractivity contribution in [3.63, 3.8) is 0 Å². The van der Waals surface area contributed by atoms with Crippen molar-refractivity contribution in [1.82, 2.24) is 10.2 Å². The van der Waals surface area contributed by atoms with Crippen molar-refractivity contribution in [3.05, 3.63) is 20.8 Å². The summed E-state index contributed by atoms with van der Waals surface area (Å²) in [5.74, 6) is 0. The van der Waals surface area contributed by atoms with Crippen LogP contribution in [0.3, 0.4) is 0 Å². The average molecular weight is 307 g/mol. The van der Waals surface area contributed by atoms with Gasteiger partial charge in [0.25, 0.3) is 0 Å². The first-order chi connectivity index (χ1) is 7.54. The van der Waals surface area contributed by atoms with Crippen molar-refractivity contribution in [2.75, 3.05) is 13.7 Å². The smallest absolute Gasteiger partial charge is 0.317 e. The van der Waals surface area contributed by atoms with Crippen LogP contribution in [0.25, 0.3) is 0 Å². The van der Waals surface area contributed by atoms with Gasteiger partial charge in [0.05, 0.1) is 19.2 Å². The van der Waals surface area contributed by atoms with Gasteiger partial charge in [0.1, 0.15) is 0 Å². The van der Waals surface area contributed by atoms with Gasteiger partial charge in [-0.3, -0.25) is 0 Å². The molecule has 0 aliphatic rings. The first-order valence-corrected chi connectivity index (χ1v) is 6.56. The molecule has 0 bridgehead atoms. The third kappa shape index (κ3) is 3.77. The molecule has 1 rings (SSSR count). The Morgan fingerprint density at radius 2 is 2.44 bits per heavy atom. The fourth-order valence-corrected chi connectivity index (χ4v) is 2.45. The molecule has 1 heterocycles. The number of hydrogen-bond acceptors (Lipinski definition) is 3. The van der Waals surface area contributed by atoms with E-state index in [0.29, 0.717) is 6.54 Å². The quantitative estimate of drug-likeness (QED) is 0.894. The highest BCUT2D eigenvalue weighted by Crippen LogP contribution is 2.19. The number of halogens is 1. The van der Waals surface area contributed by atoms with E-state index >= 15 is 0 Å². The van der Waals surface area contributed by atoms with Gasteiger partial charge >= 0.3 is 6.03 Å². The number of thiophene rings is 1. The zero-order chi connectivity index (χ0) is 12.1. The molecule has 0 aliphatic heterocycles. The predicted octanol–water partition coefficient (Wildman–Crippen LogP) is 2.03. The van der Waals surface area contributed by atoms with E-state index in [4.69, 9.17) is 5.11 Å². The molecule has 6 heteroatoms. The summed E-state index contributed by atoms with van der Waals surface area (Å²) in [5.41, 5.74) is 0. The Balaban J connectivity index is 2.40. The number of nitrogens with one attached hydrogen (secondary N) is 1. The molecular formula is C10H15BrN2O2S. The van der Waals surface area contributed by atoms with Gasteiger partial charge in [-0.05, 0) is 28.9 Å². The van der Waals surface area contributed by atoms with Gasteiger partial charge in [-0.15, -0.1) is 11.3 Å². The van der Waals surface area contributed by atoms with Crippen molar-refractivity contribution >= 4 is 33.3 Å². The number of hydrogen-bond donors (Lipinski definition) is 2. The Morgan fingerprint density at radius 3 is 2.94 bits per heavy atom. The highest BCUT2D eigenvalue weighted by molar-refractivity contribution is 9.10. The van der Waals surface area contributed by atoms with Crippen LogP contribution in [-0.2, 0) is 6.54 Å². The molecule has 0 saturated heterocycles. The molecule has 1 unspecified atom stereocenters. The number of amides is 2. The first kappa shape index (κ1) is 13.5. The van der Waals surface area contributed by atoms with E-state index in [2.05, 4.69) is 21.2 Å². The number of likely N-dealkylation sites (N-methyl/N-ethyl adjacent to an activating group) is 1. The number of carbonyl (C=O) groups excluding carboxylic acids is 1. The second-order valence-electron chi connectivity index (χ2n) is 3.53. The molecule has 16 heavy (non-hydrogen) atoms. The van der Waals surface area contributed by atoms with Gasteiger partial charge in [0.15, 0.2) is 0 Å². The molecule has 0 aliphatic carbocycles. The molecule has 0 saturated carbocycles. The summed E-state index contributed by atoms with van der Waals surface area (Å²) in [6.07, 6.45) is 0. The minimum atomic E-state index is -0.175. The van der Waals surface area contributed by atoms with Crippen LogP contribution in [0.2, 0.25) is 0 Å². The van der Waals surface area contributed by atoms with Crippen molar-refractivity contribution in [1.29, 1.82) is 0 Å². The molecule has 0 spiro atoms. The van der Waals surface area contributed by atoms with Crippen LogP contribution in [0, 0.1) is 0 Å². The molecule has 90 valence electrons. The van der Waals surface area contributed by atoms with Crippen LogP contribution < -0.4 is 5.32 Å². The zero-order valence-corrected chi connectivity index (χ0v) is 11.6. The Bertz CT molecular complexity index is 356. The normalized spacial score (nSPS) is 12.2. The lowest BCUT2D eigenvalue weighted by molar-refractivity contribution is 0.157. The number of rotatable bonds is 4. The van der Waals surface area contributed by atoms with Crippen molar-refractivity contribution in [2.45, 2.75) is 19.5 Å². The molecule has 0 fully saturated rings. The SMILES string of the molecule is CC(CO)N(C)C(=O)NCc1cc(Br)cs1. The van der Waals surface area contributed by atoms with E-state index in [1.165, 1.54) is 4.90 Å². The fourth-order valence-electron chi connectivity index (χ4n) is 1.06. The van der Waals surface area contributed by atoms with Gasteiger partial charge < -0.3 is 15.3 Å². The summed E-state index contributed by atoms with van der Waals surface area (Å²) >= 11 is 4.94.